The molecule has 0 saturated heterocycles. The van der Waals surface area contributed by atoms with E-state index in [0.29, 0.717) is 29.2 Å². The molecule has 1 unspecified atom stereocenters. The fraction of sp³-hybridized carbons (Fsp3) is 0.179. The molecule has 2 amide bonds. The summed E-state index contributed by atoms with van der Waals surface area (Å²) < 4.78 is 24.3. The molecule has 4 aromatic rings. The number of benzene rings is 3. The number of aromatic nitrogens is 2. The van der Waals surface area contributed by atoms with E-state index in [-0.39, 0.29) is 17.7 Å². The van der Waals surface area contributed by atoms with Crippen molar-refractivity contribution in [2.45, 2.75) is 26.4 Å². The average Bonchev–Trinajstić information content (AvgIpc) is 3.37. The number of nitrogens with zero attached hydrogens (tertiary/aromatic N) is 3. The van der Waals surface area contributed by atoms with Crippen LogP contribution in [0.2, 0.25) is 0 Å². The van der Waals surface area contributed by atoms with Crippen LogP contribution >= 0.6 is 0 Å². The SMILES string of the molecule is COc1ccc(CN2C(=O)NC(c3ccc(C)cc3)C(c3nc(-c4ccc(F)cc4)no3)=C2C)cc1. The maximum atomic E-state index is 13.4. The van der Waals surface area contributed by atoms with E-state index < -0.39 is 6.04 Å². The van der Waals surface area contributed by atoms with Gasteiger partial charge in [0, 0.05) is 11.3 Å². The highest BCUT2D eigenvalue weighted by Crippen LogP contribution is 2.38. The van der Waals surface area contributed by atoms with Crippen LogP contribution in [0.3, 0.4) is 0 Å². The predicted molar refractivity (Wildman–Crippen MR) is 133 cm³/mol. The second-order valence-corrected chi connectivity index (χ2v) is 8.66. The van der Waals surface area contributed by atoms with Crippen molar-refractivity contribution in [3.63, 3.8) is 0 Å². The number of carbonyl (C=O) groups is 1. The van der Waals surface area contributed by atoms with Gasteiger partial charge in [-0.25, -0.2) is 9.18 Å². The topological polar surface area (TPSA) is 80.5 Å². The summed E-state index contributed by atoms with van der Waals surface area (Å²) in [6.07, 6.45) is 0. The lowest BCUT2D eigenvalue weighted by molar-refractivity contribution is 0.203. The Labute approximate surface area is 208 Å². The summed E-state index contributed by atoms with van der Waals surface area (Å²) in [5.74, 6) is 1.03. The Morgan fingerprint density at radius 2 is 1.69 bits per heavy atom. The van der Waals surface area contributed by atoms with E-state index in [2.05, 4.69) is 15.5 Å². The van der Waals surface area contributed by atoms with E-state index in [4.69, 9.17) is 9.26 Å². The van der Waals surface area contributed by atoms with Crippen LogP contribution in [0.15, 0.2) is 83.0 Å². The summed E-state index contributed by atoms with van der Waals surface area (Å²) in [6, 6.07) is 20.7. The smallest absolute Gasteiger partial charge is 0.322 e. The first-order valence-electron chi connectivity index (χ1n) is 11.5. The van der Waals surface area contributed by atoms with Gasteiger partial charge in [0.15, 0.2) is 0 Å². The molecule has 1 N–H and O–H groups in total. The molecule has 36 heavy (non-hydrogen) atoms. The number of amides is 2. The number of carbonyl (C=O) groups excluding carboxylic acids is 1. The Hall–Kier alpha value is -4.46. The third kappa shape index (κ3) is 4.57. The highest BCUT2D eigenvalue weighted by Gasteiger charge is 2.35. The van der Waals surface area contributed by atoms with E-state index in [1.807, 2.05) is 62.4 Å². The Kier molecular flexibility index (Phi) is 6.25. The minimum atomic E-state index is -0.480. The summed E-state index contributed by atoms with van der Waals surface area (Å²) in [7, 11) is 1.61. The van der Waals surface area contributed by atoms with Gasteiger partial charge in [0.25, 0.3) is 5.89 Å². The van der Waals surface area contributed by atoms with Crippen molar-refractivity contribution in [2.24, 2.45) is 0 Å². The number of halogens is 1. The van der Waals surface area contributed by atoms with Crippen molar-refractivity contribution in [3.05, 3.63) is 107 Å². The van der Waals surface area contributed by atoms with E-state index in [9.17, 15) is 9.18 Å². The van der Waals surface area contributed by atoms with Crippen LogP contribution in [0, 0.1) is 12.7 Å². The first-order valence-corrected chi connectivity index (χ1v) is 11.5. The molecule has 0 aliphatic carbocycles. The number of ether oxygens (including phenoxy) is 1. The lowest BCUT2D eigenvalue weighted by Gasteiger charge is -2.35. The molecule has 7 nitrogen and oxygen atoms in total. The zero-order valence-corrected chi connectivity index (χ0v) is 20.2. The molecular formula is C28H25FN4O3. The second-order valence-electron chi connectivity index (χ2n) is 8.66. The first kappa shape index (κ1) is 23.3. The highest BCUT2D eigenvalue weighted by molar-refractivity contribution is 5.86. The van der Waals surface area contributed by atoms with Gasteiger partial charge in [0.05, 0.1) is 25.3 Å². The Bertz CT molecular complexity index is 1410. The first-order chi connectivity index (χ1) is 17.4. The monoisotopic (exact) mass is 484 g/mol. The molecule has 0 spiro atoms. The van der Waals surface area contributed by atoms with Crippen LogP contribution in [0.25, 0.3) is 17.0 Å². The van der Waals surface area contributed by atoms with Crippen LogP contribution in [0.4, 0.5) is 9.18 Å². The Morgan fingerprint density at radius 1 is 1.00 bits per heavy atom. The zero-order chi connectivity index (χ0) is 25.2. The fourth-order valence-electron chi connectivity index (χ4n) is 4.22. The minimum Gasteiger partial charge on any atom is -0.497 e. The molecule has 5 rings (SSSR count). The van der Waals surface area contributed by atoms with Crippen LogP contribution in [0.1, 0.15) is 35.5 Å². The van der Waals surface area contributed by atoms with Gasteiger partial charge in [-0.1, -0.05) is 47.1 Å². The summed E-state index contributed by atoms with van der Waals surface area (Å²) in [5, 5.41) is 7.23. The standard InChI is InChI=1S/C28H25FN4O3/c1-17-4-8-20(9-5-17)25-24(27-31-26(32-36-27)21-10-12-22(29)13-11-21)18(2)33(28(34)30-25)16-19-6-14-23(35-3)15-7-19/h4-15,25H,16H2,1-3H3,(H,30,34). The average molecular weight is 485 g/mol. The number of hydrogen-bond acceptors (Lipinski definition) is 5. The number of methoxy groups -OCH3 is 1. The molecule has 1 aliphatic rings. The third-order valence-corrected chi connectivity index (χ3v) is 6.27. The molecule has 1 aromatic heterocycles. The summed E-state index contributed by atoms with van der Waals surface area (Å²) in [4.78, 5) is 19.5. The molecule has 182 valence electrons. The molecule has 2 heterocycles. The number of rotatable bonds is 6. The second kappa shape index (κ2) is 9.65. The largest absolute Gasteiger partial charge is 0.497 e. The number of allylic oxidation sites excluding steroid dienone is 1. The maximum Gasteiger partial charge on any atom is 0.322 e. The van der Waals surface area contributed by atoms with Crippen molar-refractivity contribution < 1.29 is 18.4 Å². The summed E-state index contributed by atoms with van der Waals surface area (Å²) in [5.41, 5.74) is 4.99. The minimum absolute atomic E-state index is 0.226. The lowest BCUT2D eigenvalue weighted by Crippen LogP contribution is -2.45. The van der Waals surface area contributed by atoms with E-state index >= 15 is 0 Å². The molecule has 0 fully saturated rings. The molecular weight excluding hydrogens is 459 g/mol. The molecule has 3 aromatic carbocycles. The molecule has 0 saturated carbocycles. The quantitative estimate of drug-likeness (QED) is 0.369. The molecule has 8 heteroatoms. The normalized spacial score (nSPS) is 15.7. The van der Waals surface area contributed by atoms with Crippen molar-refractivity contribution in [3.8, 4) is 17.1 Å². The van der Waals surface area contributed by atoms with Crippen LogP contribution in [-0.2, 0) is 6.54 Å². The van der Waals surface area contributed by atoms with Crippen molar-refractivity contribution >= 4 is 11.6 Å². The Balaban J connectivity index is 1.57. The van der Waals surface area contributed by atoms with Gasteiger partial charge in [-0.2, -0.15) is 4.98 Å². The van der Waals surface area contributed by atoms with Gasteiger partial charge in [-0.05, 0) is 61.4 Å². The predicted octanol–water partition coefficient (Wildman–Crippen LogP) is 5.89. The number of urea groups is 1. The van der Waals surface area contributed by atoms with E-state index in [1.165, 1.54) is 12.1 Å². The van der Waals surface area contributed by atoms with Crippen LogP contribution in [-0.4, -0.2) is 28.2 Å². The van der Waals surface area contributed by atoms with Gasteiger partial charge < -0.3 is 14.6 Å². The summed E-state index contributed by atoms with van der Waals surface area (Å²) in [6.45, 7) is 4.24. The van der Waals surface area contributed by atoms with Crippen LogP contribution in [0.5, 0.6) is 5.75 Å². The van der Waals surface area contributed by atoms with Gasteiger partial charge in [0.2, 0.25) is 5.82 Å². The van der Waals surface area contributed by atoms with E-state index in [1.54, 1.807) is 24.1 Å². The zero-order valence-electron chi connectivity index (χ0n) is 20.2. The molecule has 1 aliphatic heterocycles. The number of nitrogens with one attached hydrogen (secondary N) is 1. The molecule has 1 atom stereocenters. The van der Waals surface area contributed by atoms with Gasteiger partial charge in [0.1, 0.15) is 11.6 Å². The lowest BCUT2D eigenvalue weighted by atomic mass is 9.94. The molecule has 0 radical (unpaired) electrons. The van der Waals surface area contributed by atoms with Gasteiger partial charge in [-0.15, -0.1) is 0 Å². The highest BCUT2D eigenvalue weighted by atomic mass is 19.1. The number of hydrogen-bond donors (Lipinski definition) is 1. The maximum absolute atomic E-state index is 13.4. The van der Waals surface area contributed by atoms with Crippen molar-refractivity contribution in [1.82, 2.24) is 20.4 Å². The van der Waals surface area contributed by atoms with Crippen molar-refractivity contribution in [1.29, 1.82) is 0 Å². The van der Waals surface area contributed by atoms with Crippen molar-refractivity contribution in [2.75, 3.05) is 7.11 Å². The van der Waals surface area contributed by atoms with Crippen LogP contribution < -0.4 is 10.1 Å². The van der Waals surface area contributed by atoms with Gasteiger partial charge in [-0.3, -0.25) is 4.90 Å². The third-order valence-electron chi connectivity index (χ3n) is 6.27. The fourth-order valence-corrected chi connectivity index (χ4v) is 4.22. The van der Waals surface area contributed by atoms with Gasteiger partial charge >= 0.3 is 6.03 Å². The Morgan fingerprint density at radius 3 is 2.36 bits per heavy atom. The molecule has 0 bridgehead atoms. The number of aryl methyl sites for hydroxylation is 1. The summed E-state index contributed by atoms with van der Waals surface area (Å²) >= 11 is 0. The van der Waals surface area contributed by atoms with E-state index in [0.717, 1.165) is 22.4 Å².